The van der Waals surface area contributed by atoms with Gasteiger partial charge in [-0.2, -0.15) is 0 Å². The van der Waals surface area contributed by atoms with Crippen LogP contribution < -0.4 is 4.90 Å². The predicted molar refractivity (Wildman–Crippen MR) is 126 cm³/mol. The van der Waals surface area contributed by atoms with Gasteiger partial charge in [0.25, 0.3) is 0 Å². The summed E-state index contributed by atoms with van der Waals surface area (Å²) >= 11 is 6.49. The first-order valence-corrected chi connectivity index (χ1v) is 11.6. The van der Waals surface area contributed by atoms with Crippen molar-refractivity contribution in [2.75, 3.05) is 10.7 Å². The molecule has 0 atom stereocenters. The summed E-state index contributed by atoms with van der Waals surface area (Å²) in [6, 6.07) is 27.5. The van der Waals surface area contributed by atoms with Crippen molar-refractivity contribution in [1.29, 1.82) is 0 Å². The van der Waals surface area contributed by atoms with E-state index in [1.54, 1.807) is 16.2 Å². The molecule has 4 aromatic rings. The minimum Gasteiger partial charge on any atom is -0.280 e. The summed E-state index contributed by atoms with van der Waals surface area (Å²) < 4.78 is 1.93. The van der Waals surface area contributed by atoms with E-state index >= 15 is 0 Å². The van der Waals surface area contributed by atoms with Gasteiger partial charge in [-0.25, -0.2) is 4.98 Å². The number of carbonyl (C=O) groups excluding carboxylic acids is 1. The van der Waals surface area contributed by atoms with E-state index in [9.17, 15) is 4.79 Å². The molecule has 0 aliphatic heterocycles. The number of rotatable bonds is 6. The van der Waals surface area contributed by atoms with Crippen LogP contribution in [0, 0.1) is 0 Å². The lowest BCUT2D eigenvalue weighted by Crippen LogP contribution is -2.27. The Morgan fingerprint density at radius 1 is 0.897 bits per heavy atom. The summed E-state index contributed by atoms with van der Waals surface area (Å²) in [5, 5.41) is 2.03. The molecule has 1 amide bonds. The van der Waals surface area contributed by atoms with Crippen LogP contribution in [0.4, 0.5) is 11.4 Å². The normalized spacial score (nSPS) is 10.7. The summed E-state index contributed by atoms with van der Waals surface area (Å²) in [5.74, 6) is 0.338. The number of thiazole rings is 1. The Kier molecular flexibility index (Phi) is 6.44. The maximum Gasteiger partial charge on any atom is 0.241 e. The number of nitrogens with zero attached hydrogens (tertiary/aromatic N) is 2. The van der Waals surface area contributed by atoms with Gasteiger partial charge in [-0.05, 0) is 36.4 Å². The standard InChI is InChI=1S/C23H17BrN2OS2/c24-18-13-11-17(12-14-18)21-15-28-23(25-21)29-16-22(27)26(19-7-3-1-4-8-19)20-9-5-2-6-10-20/h1-15H,16H2. The Bertz CT molecular complexity index is 1040. The molecule has 3 aromatic carbocycles. The minimum atomic E-state index is 0.0211. The van der Waals surface area contributed by atoms with Gasteiger partial charge in [0.2, 0.25) is 5.91 Å². The van der Waals surface area contributed by atoms with Gasteiger partial charge in [-0.15, -0.1) is 11.3 Å². The van der Waals surface area contributed by atoms with Crippen molar-refractivity contribution in [2.45, 2.75) is 4.34 Å². The van der Waals surface area contributed by atoms with Gasteiger partial charge < -0.3 is 0 Å². The van der Waals surface area contributed by atoms with Crippen molar-refractivity contribution in [3.05, 3.63) is 94.8 Å². The molecule has 4 rings (SSSR count). The fourth-order valence-corrected chi connectivity index (χ4v) is 4.80. The molecule has 0 radical (unpaired) electrons. The lowest BCUT2D eigenvalue weighted by molar-refractivity contribution is -0.115. The zero-order valence-corrected chi connectivity index (χ0v) is 18.6. The molecule has 0 spiro atoms. The SMILES string of the molecule is O=C(CSc1nc(-c2ccc(Br)cc2)cs1)N(c1ccccc1)c1ccccc1. The highest BCUT2D eigenvalue weighted by Crippen LogP contribution is 2.31. The third-order valence-corrected chi connectivity index (χ3v) is 6.75. The Morgan fingerprint density at radius 2 is 1.48 bits per heavy atom. The molecule has 0 saturated carbocycles. The number of thioether (sulfide) groups is 1. The molecule has 0 saturated heterocycles. The van der Waals surface area contributed by atoms with Gasteiger partial charge in [-0.3, -0.25) is 9.69 Å². The molecule has 1 heterocycles. The summed E-state index contributed by atoms with van der Waals surface area (Å²) in [6.07, 6.45) is 0. The highest BCUT2D eigenvalue weighted by molar-refractivity contribution is 9.10. The maximum atomic E-state index is 13.1. The molecule has 0 aliphatic carbocycles. The van der Waals surface area contributed by atoms with Crippen LogP contribution in [-0.2, 0) is 4.79 Å². The molecule has 6 heteroatoms. The average Bonchev–Trinajstić information content (AvgIpc) is 3.24. The van der Waals surface area contributed by atoms with Gasteiger partial charge in [0.1, 0.15) is 0 Å². The van der Waals surface area contributed by atoms with E-state index in [1.165, 1.54) is 11.8 Å². The highest BCUT2D eigenvalue weighted by Gasteiger charge is 2.18. The van der Waals surface area contributed by atoms with Crippen LogP contribution in [-0.4, -0.2) is 16.6 Å². The van der Waals surface area contributed by atoms with Crippen molar-refractivity contribution >= 4 is 56.3 Å². The second-order valence-corrected chi connectivity index (χ2v) is 9.19. The van der Waals surface area contributed by atoms with Crippen LogP contribution in [0.25, 0.3) is 11.3 Å². The number of benzene rings is 3. The number of amides is 1. The molecule has 29 heavy (non-hydrogen) atoms. The first-order chi connectivity index (χ1) is 14.2. The molecule has 1 aromatic heterocycles. The van der Waals surface area contributed by atoms with Crippen LogP contribution in [0.15, 0.2) is 99.1 Å². The lowest BCUT2D eigenvalue weighted by atomic mass is 10.2. The highest BCUT2D eigenvalue weighted by atomic mass is 79.9. The smallest absolute Gasteiger partial charge is 0.241 e. The molecule has 3 nitrogen and oxygen atoms in total. The molecule has 144 valence electrons. The maximum absolute atomic E-state index is 13.1. The molecule has 0 unspecified atom stereocenters. The quantitative estimate of drug-likeness (QED) is 0.277. The van der Waals surface area contributed by atoms with Crippen molar-refractivity contribution < 1.29 is 4.79 Å². The zero-order chi connectivity index (χ0) is 20.1. The van der Waals surface area contributed by atoms with E-state index in [2.05, 4.69) is 20.9 Å². The fraction of sp³-hybridized carbons (Fsp3) is 0.0435. The summed E-state index contributed by atoms with van der Waals surface area (Å²) in [5.41, 5.74) is 3.72. The van der Waals surface area contributed by atoms with Crippen molar-refractivity contribution in [1.82, 2.24) is 4.98 Å². The Balaban J connectivity index is 1.49. The number of para-hydroxylation sites is 2. The van der Waals surface area contributed by atoms with E-state index < -0.39 is 0 Å². The van der Waals surface area contributed by atoms with Crippen molar-refractivity contribution in [3.63, 3.8) is 0 Å². The van der Waals surface area contributed by atoms with E-state index in [-0.39, 0.29) is 5.91 Å². The Labute approximate surface area is 186 Å². The summed E-state index contributed by atoms with van der Waals surface area (Å²) in [4.78, 5) is 19.6. The average molecular weight is 481 g/mol. The monoisotopic (exact) mass is 480 g/mol. The third kappa shape index (κ3) is 4.96. The third-order valence-electron chi connectivity index (χ3n) is 4.22. The van der Waals surface area contributed by atoms with Gasteiger partial charge in [0, 0.05) is 26.8 Å². The number of halogens is 1. The second kappa shape index (κ2) is 9.39. The van der Waals surface area contributed by atoms with E-state index in [1.807, 2.05) is 90.3 Å². The Hall–Kier alpha value is -2.41. The molecule has 0 N–H and O–H groups in total. The van der Waals surface area contributed by atoms with Gasteiger partial charge in [0.05, 0.1) is 11.4 Å². The van der Waals surface area contributed by atoms with E-state index in [0.29, 0.717) is 5.75 Å². The van der Waals surface area contributed by atoms with Crippen molar-refractivity contribution in [3.8, 4) is 11.3 Å². The fourth-order valence-electron chi connectivity index (χ4n) is 2.86. The number of anilines is 2. The zero-order valence-electron chi connectivity index (χ0n) is 15.4. The summed E-state index contributed by atoms with van der Waals surface area (Å²) in [6.45, 7) is 0. The van der Waals surface area contributed by atoms with Crippen LogP contribution in [0.3, 0.4) is 0 Å². The van der Waals surface area contributed by atoms with Crippen LogP contribution >= 0.6 is 39.0 Å². The minimum absolute atomic E-state index is 0.0211. The number of carbonyl (C=O) groups is 1. The predicted octanol–water partition coefficient (Wildman–Crippen LogP) is 7.03. The first-order valence-electron chi connectivity index (χ1n) is 8.98. The van der Waals surface area contributed by atoms with Crippen LogP contribution in [0.1, 0.15) is 0 Å². The number of hydrogen-bond donors (Lipinski definition) is 0. The topological polar surface area (TPSA) is 33.2 Å². The Morgan fingerprint density at radius 3 is 2.07 bits per heavy atom. The summed E-state index contributed by atoms with van der Waals surface area (Å²) in [7, 11) is 0. The molecular weight excluding hydrogens is 464 g/mol. The number of hydrogen-bond acceptors (Lipinski definition) is 4. The molecule has 0 aliphatic rings. The van der Waals surface area contributed by atoms with Gasteiger partial charge in [-0.1, -0.05) is 76.2 Å². The first kappa shape index (κ1) is 19.9. The lowest BCUT2D eigenvalue weighted by Gasteiger charge is -2.22. The largest absolute Gasteiger partial charge is 0.280 e. The van der Waals surface area contributed by atoms with Gasteiger partial charge >= 0.3 is 0 Å². The van der Waals surface area contributed by atoms with E-state index in [0.717, 1.165) is 31.4 Å². The van der Waals surface area contributed by atoms with E-state index in [4.69, 9.17) is 0 Å². The van der Waals surface area contributed by atoms with Crippen LogP contribution in [0.5, 0.6) is 0 Å². The second-order valence-electron chi connectivity index (χ2n) is 6.19. The van der Waals surface area contributed by atoms with Gasteiger partial charge in [0.15, 0.2) is 4.34 Å². The molecular formula is C23H17BrN2OS2. The van der Waals surface area contributed by atoms with Crippen molar-refractivity contribution in [2.24, 2.45) is 0 Å². The number of aromatic nitrogens is 1. The molecule has 0 fully saturated rings. The molecule has 0 bridgehead atoms. The van der Waals surface area contributed by atoms with Crippen LogP contribution in [0.2, 0.25) is 0 Å².